The number of nitrogens with one attached hydrogen (secondary N) is 2. The van der Waals surface area contributed by atoms with E-state index in [0.717, 1.165) is 0 Å². The van der Waals surface area contributed by atoms with E-state index in [1.807, 2.05) is 0 Å². The minimum absolute atomic E-state index is 0.0372. The predicted molar refractivity (Wildman–Crippen MR) is 76.1 cm³/mol. The zero-order valence-corrected chi connectivity index (χ0v) is 12.2. The Bertz CT molecular complexity index is 710. The number of hydrogen-bond acceptors (Lipinski definition) is 6. The molecule has 0 saturated heterocycles. The number of aromatic nitrogens is 3. The van der Waals surface area contributed by atoms with E-state index in [4.69, 9.17) is 0 Å². The van der Waals surface area contributed by atoms with Gasteiger partial charge in [-0.05, 0) is 32.0 Å². The molecule has 0 aromatic carbocycles. The molecule has 2 rings (SSSR count). The molecule has 0 unspecified atom stereocenters. The van der Waals surface area contributed by atoms with Gasteiger partial charge < -0.3 is 5.32 Å². The van der Waals surface area contributed by atoms with Gasteiger partial charge >= 0.3 is 0 Å². The lowest BCUT2D eigenvalue weighted by molar-refractivity contribution is 0.597. The van der Waals surface area contributed by atoms with Crippen LogP contribution in [0, 0.1) is 13.8 Å². The summed E-state index contributed by atoms with van der Waals surface area (Å²) in [6, 6.07) is 5.04. The molecule has 0 radical (unpaired) electrons. The fourth-order valence-corrected chi connectivity index (χ4v) is 2.82. The minimum Gasteiger partial charge on any atom is -0.386 e. The first kappa shape index (κ1) is 14.2. The van der Waals surface area contributed by atoms with Crippen molar-refractivity contribution in [3.05, 3.63) is 35.8 Å². The van der Waals surface area contributed by atoms with E-state index in [1.54, 1.807) is 39.1 Å². The van der Waals surface area contributed by atoms with Crippen LogP contribution in [0.3, 0.4) is 0 Å². The number of anilines is 2. The van der Waals surface area contributed by atoms with Gasteiger partial charge in [-0.2, -0.15) is 8.42 Å². The second-order valence-corrected chi connectivity index (χ2v) is 5.78. The third kappa shape index (κ3) is 3.02. The van der Waals surface area contributed by atoms with Crippen molar-refractivity contribution in [1.82, 2.24) is 15.0 Å². The molecular formula is C12H15N5O2S. The van der Waals surface area contributed by atoms with Crippen LogP contribution < -0.4 is 10.0 Å². The number of sulfonamides is 1. The molecule has 0 saturated carbocycles. The second kappa shape index (κ2) is 5.41. The highest BCUT2D eigenvalue weighted by Crippen LogP contribution is 2.19. The van der Waals surface area contributed by atoms with Crippen molar-refractivity contribution in [3.63, 3.8) is 0 Å². The van der Waals surface area contributed by atoms with Crippen LogP contribution in [0.1, 0.15) is 11.4 Å². The van der Waals surface area contributed by atoms with Crippen LogP contribution in [0.4, 0.5) is 11.6 Å². The molecule has 2 aromatic heterocycles. The maximum atomic E-state index is 12.3. The topological polar surface area (TPSA) is 96.9 Å². The second-order valence-electron chi connectivity index (χ2n) is 4.19. The van der Waals surface area contributed by atoms with E-state index in [1.165, 1.54) is 6.20 Å². The van der Waals surface area contributed by atoms with Crippen LogP contribution in [-0.4, -0.2) is 30.4 Å². The van der Waals surface area contributed by atoms with E-state index in [0.29, 0.717) is 17.1 Å². The molecule has 2 N–H and O–H groups in total. The molecule has 0 spiro atoms. The lowest BCUT2D eigenvalue weighted by Crippen LogP contribution is -2.18. The average Bonchev–Trinajstić information content (AvgIpc) is 2.36. The molecule has 20 heavy (non-hydrogen) atoms. The molecule has 0 fully saturated rings. The molecule has 106 valence electrons. The first-order valence-electron chi connectivity index (χ1n) is 5.90. The zero-order valence-electron chi connectivity index (χ0n) is 11.4. The van der Waals surface area contributed by atoms with Gasteiger partial charge in [0.05, 0.1) is 5.69 Å². The van der Waals surface area contributed by atoms with Gasteiger partial charge in [-0.3, -0.25) is 0 Å². The lowest BCUT2D eigenvalue weighted by Gasteiger charge is -2.10. The smallest absolute Gasteiger partial charge is 0.283 e. The fraction of sp³-hybridized carbons (Fsp3) is 0.250. The molecule has 0 amide bonds. The Morgan fingerprint density at radius 3 is 2.40 bits per heavy atom. The van der Waals surface area contributed by atoms with Crippen LogP contribution >= 0.6 is 0 Å². The van der Waals surface area contributed by atoms with E-state index < -0.39 is 10.0 Å². The molecule has 7 nitrogen and oxygen atoms in total. The van der Waals surface area contributed by atoms with Crippen molar-refractivity contribution < 1.29 is 8.42 Å². The van der Waals surface area contributed by atoms with Gasteiger partial charge in [0.25, 0.3) is 10.0 Å². The highest BCUT2D eigenvalue weighted by atomic mass is 32.2. The Labute approximate surface area is 117 Å². The van der Waals surface area contributed by atoms with Gasteiger partial charge in [0, 0.05) is 24.6 Å². The highest BCUT2D eigenvalue weighted by Gasteiger charge is 2.21. The van der Waals surface area contributed by atoms with Crippen molar-refractivity contribution in [3.8, 4) is 0 Å². The molecule has 0 bridgehead atoms. The van der Waals surface area contributed by atoms with Gasteiger partial charge in [0.1, 0.15) is 0 Å². The SMILES string of the molecule is CNc1cccnc1S(=O)(=O)Nc1nc(C)cc(C)n1. The monoisotopic (exact) mass is 293 g/mol. The maximum absolute atomic E-state index is 12.3. The Hall–Kier alpha value is -2.22. The summed E-state index contributed by atoms with van der Waals surface area (Å²) in [5.74, 6) is 0.0372. The van der Waals surface area contributed by atoms with E-state index in [2.05, 4.69) is 25.0 Å². The van der Waals surface area contributed by atoms with E-state index in [9.17, 15) is 8.42 Å². The molecule has 0 atom stereocenters. The van der Waals surface area contributed by atoms with Crippen molar-refractivity contribution >= 4 is 21.7 Å². The highest BCUT2D eigenvalue weighted by molar-refractivity contribution is 7.92. The van der Waals surface area contributed by atoms with Crippen molar-refractivity contribution in [2.45, 2.75) is 18.9 Å². The molecule has 8 heteroatoms. The molecule has 0 aliphatic heterocycles. The molecule has 0 aliphatic rings. The maximum Gasteiger partial charge on any atom is 0.283 e. The summed E-state index contributed by atoms with van der Waals surface area (Å²) in [7, 11) is -2.21. The standard InChI is InChI=1S/C12H15N5O2S/c1-8-7-9(2)16-12(15-8)17-20(18,19)11-10(13-3)5-4-6-14-11/h4-7,13H,1-3H3,(H,15,16,17). The number of pyridine rings is 1. The summed E-state index contributed by atoms with van der Waals surface area (Å²) >= 11 is 0. The normalized spacial score (nSPS) is 11.2. The fourth-order valence-electron chi connectivity index (χ4n) is 1.74. The molecular weight excluding hydrogens is 278 g/mol. The number of hydrogen-bond donors (Lipinski definition) is 2. The summed E-state index contributed by atoms with van der Waals surface area (Å²) in [5.41, 5.74) is 1.78. The van der Waals surface area contributed by atoms with Crippen molar-refractivity contribution in [2.75, 3.05) is 17.1 Å². The molecule has 2 heterocycles. The van der Waals surface area contributed by atoms with Crippen LogP contribution in [0.2, 0.25) is 0 Å². The van der Waals surface area contributed by atoms with Gasteiger partial charge in [-0.15, -0.1) is 0 Å². The first-order chi connectivity index (χ1) is 9.42. The quantitative estimate of drug-likeness (QED) is 0.882. The summed E-state index contributed by atoms with van der Waals surface area (Å²) in [5, 5.41) is 2.70. The van der Waals surface area contributed by atoms with Gasteiger partial charge in [-0.1, -0.05) is 0 Å². The average molecular weight is 293 g/mol. The number of aryl methyl sites for hydroxylation is 2. The zero-order chi connectivity index (χ0) is 14.8. The van der Waals surface area contributed by atoms with Crippen LogP contribution in [0.25, 0.3) is 0 Å². The Balaban J connectivity index is 2.41. The summed E-state index contributed by atoms with van der Waals surface area (Å²) in [4.78, 5) is 12.0. The summed E-state index contributed by atoms with van der Waals surface area (Å²) in [6.45, 7) is 3.54. The first-order valence-corrected chi connectivity index (χ1v) is 7.38. The van der Waals surface area contributed by atoms with Crippen LogP contribution in [-0.2, 0) is 10.0 Å². The van der Waals surface area contributed by atoms with E-state index >= 15 is 0 Å². The number of nitrogens with zero attached hydrogens (tertiary/aromatic N) is 3. The minimum atomic E-state index is -3.84. The van der Waals surface area contributed by atoms with Gasteiger partial charge in [0.2, 0.25) is 5.95 Å². The Kier molecular flexibility index (Phi) is 3.84. The molecule has 2 aromatic rings. The van der Waals surface area contributed by atoms with Crippen molar-refractivity contribution in [2.24, 2.45) is 0 Å². The van der Waals surface area contributed by atoms with Crippen LogP contribution in [0.5, 0.6) is 0 Å². The largest absolute Gasteiger partial charge is 0.386 e. The van der Waals surface area contributed by atoms with Gasteiger partial charge in [0.15, 0.2) is 5.03 Å². The Morgan fingerprint density at radius 2 is 1.80 bits per heavy atom. The summed E-state index contributed by atoms with van der Waals surface area (Å²) in [6.07, 6.45) is 1.41. The number of rotatable bonds is 4. The predicted octanol–water partition coefficient (Wildman–Crippen LogP) is 1.33. The van der Waals surface area contributed by atoms with Crippen LogP contribution in [0.15, 0.2) is 29.4 Å². The third-order valence-corrected chi connectivity index (χ3v) is 3.79. The van der Waals surface area contributed by atoms with E-state index in [-0.39, 0.29) is 11.0 Å². The van der Waals surface area contributed by atoms with Crippen molar-refractivity contribution in [1.29, 1.82) is 0 Å². The van der Waals surface area contributed by atoms with Gasteiger partial charge in [-0.25, -0.2) is 19.7 Å². The Morgan fingerprint density at radius 1 is 1.15 bits per heavy atom. The third-order valence-electron chi connectivity index (χ3n) is 2.50. The lowest BCUT2D eigenvalue weighted by atomic mass is 10.4. The molecule has 0 aliphatic carbocycles. The summed E-state index contributed by atoms with van der Waals surface area (Å²) < 4.78 is 27.0.